The van der Waals surface area contributed by atoms with Crippen molar-refractivity contribution in [3.63, 3.8) is 0 Å². The van der Waals surface area contributed by atoms with Gasteiger partial charge in [0.2, 0.25) is 0 Å². The maximum atomic E-state index is 14.3. The lowest BCUT2D eigenvalue weighted by Gasteiger charge is -2.38. The van der Waals surface area contributed by atoms with Crippen LogP contribution in [0.15, 0.2) is 35.1 Å². The third-order valence-corrected chi connectivity index (χ3v) is 7.92. The van der Waals surface area contributed by atoms with Gasteiger partial charge in [0.05, 0.1) is 34.4 Å². The molecule has 0 atom stereocenters. The van der Waals surface area contributed by atoms with Gasteiger partial charge in [-0.2, -0.15) is 0 Å². The fraction of sp³-hybridized carbons (Fsp3) is 0.467. The highest BCUT2D eigenvalue weighted by molar-refractivity contribution is 7.81. The van der Waals surface area contributed by atoms with E-state index in [1.807, 2.05) is 6.92 Å². The average Bonchev–Trinajstić information content (AvgIpc) is 2.92. The molecule has 1 N–H and O–H groups in total. The summed E-state index contributed by atoms with van der Waals surface area (Å²) in [5.74, 6) is -0.533. The summed E-state index contributed by atoms with van der Waals surface area (Å²) < 4.78 is 13.9. The highest BCUT2D eigenvalue weighted by Crippen LogP contribution is 2.35. The van der Waals surface area contributed by atoms with Crippen LogP contribution >= 0.6 is 12.8 Å². The van der Waals surface area contributed by atoms with E-state index in [2.05, 4.69) is 18.1 Å². The molecule has 0 bridgehead atoms. The van der Waals surface area contributed by atoms with Crippen LogP contribution in [0.2, 0.25) is 0 Å². The number of anilines is 1. The molecule has 2 aromatic carbocycles. The molecule has 1 aromatic heterocycles. The van der Waals surface area contributed by atoms with Crippen LogP contribution in [0.5, 0.6) is 0 Å². The second kappa shape index (κ2) is 13.5. The molecule has 0 spiro atoms. The second-order valence-electron chi connectivity index (χ2n) is 11.6. The van der Waals surface area contributed by atoms with Gasteiger partial charge < -0.3 is 23.9 Å². The monoisotopic (exact) mass is 629 g/mol. The van der Waals surface area contributed by atoms with Crippen LogP contribution in [0.25, 0.3) is 16.6 Å². The molecule has 44 heavy (non-hydrogen) atoms. The summed E-state index contributed by atoms with van der Waals surface area (Å²) in [6.45, 7) is 11.6. The molecule has 3 aromatic rings. The Morgan fingerprint density at radius 2 is 1.82 bits per heavy atom. The Hall–Kier alpha value is -4.33. The summed E-state index contributed by atoms with van der Waals surface area (Å²) in [5.41, 5.74) is -0.330. The van der Waals surface area contributed by atoms with Crippen molar-refractivity contribution >= 4 is 41.5 Å². The van der Waals surface area contributed by atoms with Crippen LogP contribution in [-0.2, 0) is 20.9 Å². The molecule has 14 heteroatoms. The highest BCUT2D eigenvalue weighted by atomic mass is 32.1. The van der Waals surface area contributed by atoms with Crippen LogP contribution < -0.4 is 15.2 Å². The number of thiol groups is 1. The normalized spacial score (nSPS) is 11.7. The number of hydrogen-bond acceptors (Lipinski definition) is 11. The van der Waals surface area contributed by atoms with Gasteiger partial charge in [-0.05, 0) is 63.4 Å². The first-order chi connectivity index (χ1) is 20.5. The van der Waals surface area contributed by atoms with E-state index in [1.54, 1.807) is 83.2 Å². The Labute approximate surface area is 261 Å². The number of hydrogen-bond donors (Lipinski definition) is 2. The number of benzene rings is 2. The first kappa shape index (κ1) is 34.2. The maximum absolute atomic E-state index is 14.3. The van der Waals surface area contributed by atoms with Gasteiger partial charge in [-0.25, -0.2) is 14.6 Å². The Morgan fingerprint density at radius 3 is 2.43 bits per heavy atom. The number of carbonyl (C=O) groups is 2. The number of para-hydroxylation sites is 2. The Balaban J connectivity index is 2.16. The van der Waals surface area contributed by atoms with Crippen molar-refractivity contribution in [3.8, 4) is 5.69 Å². The molecule has 0 aliphatic carbocycles. The van der Waals surface area contributed by atoms with Crippen molar-refractivity contribution in [1.29, 1.82) is 0 Å². The van der Waals surface area contributed by atoms with Crippen molar-refractivity contribution in [1.82, 2.24) is 14.9 Å². The van der Waals surface area contributed by atoms with Crippen LogP contribution in [-0.4, -0.2) is 52.5 Å². The van der Waals surface area contributed by atoms with E-state index < -0.39 is 33.7 Å². The van der Waals surface area contributed by atoms with Gasteiger partial charge in [-0.15, -0.1) is 10.1 Å². The quantitative estimate of drug-likeness (QED) is 0.120. The van der Waals surface area contributed by atoms with Crippen molar-refractivity contribution in [2.24, 2.45) is 5.41 Å². The average molecular weight is 630 g/mol. The Kier molecular flexibility index (Phi) is 10.5. The van der Waals surface area contributed by atoms with Gasteiger partial charge in [0.15, 0.2) is 12.4 Å². The van der Waals surface area contributed by atoms with Gasteiger partial charge in [-0.3, -0.25) is 9.36 Å². The van der Waals surface area contributed by atoms with Crippen molar-refractivity contribution in [2.45, 2.75) is 67.1 Å². The predicted molar refractivity (Wildman–Crippen MR) is 169 cm³/mol. The fourth-order valence-corrected chi connectivity index (χ4v) is 4.70. The molecule has 0 radical (unpaired) electrons. The summed E-state index contributed by atoms with van der Waals surface area (Å²) >= 11 is 4.43. The lowest BCUT2D eigenvalue weighted by molar-refractivity contribution is -0.784. The lowest BCUT2D eigenvalue weighted by Crippen LogP contribution is -2.46. The number of amides is 1. The number of rotatable bonds is 12. The minimum absolute atomic E-state index is 0.167. The third kappa shape index (κ3) is 7.24. The number of ether oxygens (including phenoxy) is 2. The zero-order valence-corrected chi connectivity index (χ0v) is 27.1. The number of nitrogens with one attached hydrogen (secondary N) is 1. The van der Waals surface area contributed by atoms with E-state index in [0.29, 0.717) is 34.6 Å². The number of fused-ring (bicyclic) bond motifs is 1. The Bertz CT molecular complexity index is 1630. The molecule has 0 fully saturated rings. The maximum Gasteiger partial charge on any atom is 0.407 e. The van der Waals surface area contributed by atoms with Gasteiger partial charge in [-0.1, -0.05) is 45.7 Å². The number of alkyl carbamates (subject to hydrolysis) is 1. The van der Waals surface area contributed by atoms with E-state index in [4.69, 9.17) is 19.3 Å². The smallest absolute Gasteiger partial charge is 0.407 e. The molecule has 0 aliphatic heterocycles. The minimum atomic E-state index is -1.26. The van der Waals surface area contributed by atoms with Crippen LogP contribution in [0, 0.1) is 29.4 Å². The summed E-state index contributed by atoms with van der Waals surface area (Å²) in [6.07, 6.45) is 0.0773. The van der Waals surface area contributed by atoms with E-state index in [-0.39, 0.29) is 30.0 Å². The van der Waals surface area contributed by atoms with Gasteiger partial charge >= 0.3 is 12.1 Å². The topological polar surface area (TPSA) is 155 Å². The molecule has 0 aliphatic rings. The van der Waals surface area contributed by atoms with Crippen LogP contribution in [0.1, 0.15) is 68.3 Å². The first-order valence-corrected chi connectivity index (χ1v) is 14.4. The number of aryl methyl sites for hydroxylation is 2. The zero-order chi connectivity index (χ0) is 33.0. The Morgan fingerprint density at radius 1 is 1.16 bits per heavy atom. The number of aromatic nitrogens is 2. The van der Waals surface area contributed by atoms with Gasteiger partial charge in [0.1, 0.15) is 5.60 Å². The zero-order valence-electron chi connectivity index (χ0n) is 26.2. The number of carbonyl (C=O) groups excluding carboxylic acids is 2. The molecular weight excluding hydrogens is 590 g/mol. The van der Waals surface area contributed by atoms with Crippen LogP contribution in [0.3, 0.4) is 0 Å². The van der Waals surface area contributed by atoms with E-state index in [0.717, 1.165) is 6.42 Å². The summed E-state index contributed by atoms with van der Waals surface area (Å²) in [4.78, 5) is 60.6. The number of nitrogens with zero attached hydrogens (tertiary/aromatic N) is 4. The van der Waals surface area contributed by atoms with E-state index in [9.17, 15) is 24.5 Å². The van der Waals surface area contributed by atoms with Crippen molar-refractivity contribution < 1.29 is 29.0 Å². The largest absolute Gasteiger partial charge is 0.461 e. The molecule has 1 amide bonds. The first-order valence-electron chi connectivity index (χ1n) is 14.0. The standard InChI is InChI=1S/C30H39N5O8S/c1-9-14-31-28(38)41-16-23-32-20-15-18(2)24(27(37)42-17-29(4,5)30(6,7)43-35(39)40)19(3)25(20)26(36)34(23)22-13-11-10-12-21(22)33(8)44/h10-13,15,44H,9,14,16-17H2,1-8H3,(H,31,38). The van der Waals surface area contributed by atoms with Crippen LogP contribution in [0.4, 0.5) is 10.5 Å². The van der Waals surface area contributed by atoms with Crippen molar-refractivity contribution in [3.05, 3.63) is 73.3 Å². The summed E-state index contributed by atoms with van der Waals surface area (Å²) in [6, 6.07) is 8.64. The summed E-state index contributed by atoms with van der Waals surface area (Å²) in [7, 11) is 1.71. The number of esters is 1. The van der Waals surface area contributed by atoms with E-state index >= 15 is 0 Å². The highest BCUT2D eigenvalue weighted by Gasteiger charge is 2.42. The molecule has 238 valence electrons. The molecule has 13 nitrogen and oxygen atoms in total. The lowest BCUT2D eigenvalue weighted by atomic mass is 9.78. The molecular formula is C30H39N5O8S. The van der Waals surface area contributed by atoms with Crippen molar-refractivity contribution in [2.75, 3.05) is 24.5 Å². The molecule has 0 saturated heterocycles. The fourth-order valence-electron chi connectivity index (χ4n) is 4.53. The van der Waals surface area contributed by atoms with Gasteiger partial charge in [0, 0.05) is 19.0 Å². The molecule has 1 heterocycles. The molecule has 0 unspecified atom stereocenters. The van der Waals surface area contributed by atoms with E-state index in [1.165, 1.54) is 4.57 Å². The van der Waals surface area contributed by atoms with Gasteiger partial charge in [0.25, 0.3) is 10.6 Å². The second-order valence-corrected chi connectivity index (χ2v) is 12.2. The predicted octanol–water partition coefficient (Wildman–Crippen LogP) is 5.09. The molecule has 0 saturated carbocycles. The molecule has 3 rings (SSSR count). The summed E-state index contributed by atoms with van der Waals surface area (Å²) in [5, 5.41) is 12.9. The minimum Gasteiger partial charge on any atom is -0.461 e. The third-order valence-electron chi connectivity index (χ3n) is 7.70. The SMILES string of the molecule is CCCNC(=O)OCc1nc2cc(C)c(C(=O)OCC(C)(C)C(C)(C)O[N+](=O)[O-])c(C)c2c(=O)n1-c1ccccc1N(C)S.